The lowest BCUT2D eigenvalue weighted by Crippen LogP contribution is -2.52. The summed E-state index contributed by atoms with van der Waals surface area (Å²) in [7, 11) is -1.81. The zero-order valence-corrected chi connectivity index (χ0v) is 12.7. The Morgan fingerprint density at radius 3 is 2.55 bits per heavy atom. The number of aliphatic carboxylic acids is 1. The summed E-state index contributed by atoms with van der Waals surface area (Å²) in [5, 5.41) is 8.57. The smallest absolute Gasteiger partial charge is 0.303 e. The molecule has 1 aliphatic heterocycles. The SMILES string of the molecule is CN(CCCC(=O)O)C(=O)C1CCCCN1S(C)(=O)=O. The van der Waals surface area contributed by atoms with Gasteiger partial charge in [-0.3, -0.25) is 9.59 Å². The van der Waals surface area contributed by atoms with Crippen molar-refractivity contribution in [3.63, 3.8) is 0 Å². The summed E-state index contributed by atoms with van der Waals surface area (Å²) in [5.74, 6) is -1.15. The number of hydrogen-bond acceptors (Lipinski definition) is 4. The highest BCUT2D eigenvalue weighted by Crippen LogP contribution is 2.21. The predicted molar refractivity (Wildman–Crippen MR) is 73.7 cm³/mol. The van der Waals surface area contributed by atoms with Crippen molar-refractivity contribution in [3.8, 4) is 0 Å². The number of sulfonamides is 1. The molecule has 1 amide bonds. The lowest BCUT2D eigenvalue weighted by molar-refractivity contribution is -0.138. The first-order chi connectivity index (χ1) is 9.23. The third-order valence-electron chi connectivity index (χ3n) is 3.43. The monoisotopic (exact) mass is 306 g/mol. The van der Waals surface area contributed by atoms with Crippen molar-refractivity contribution in [2.45, 2.75) is 38.1 Å². The van der Waals surface area contributed by atoms with E-state index in [2.05, 4.69) is 0 Å². The maximum atomic E-state index is 12.3. The first kappa shape index (κ1) is 16.9. The van der Waals surface area contributed by atoms with Crippen molar-refractivity contribution in [1.82, 2.24) is 9.21 Å². The van der Waals surface area contributed by atoms with Crippen molar-refractivity contribution in [3.05, 3.63) is 0 Å². The fourth-order valence-electron chi connectivity index (χ4n) is 2.38. The van der Waals surface area contributed by atoms with Gasteiger partial charge in [-0.2, -0.15) is 4.31 Å². The topological polar surface area (TPSA) is 95.0 Å². The maximum absolute atomic E-state index is 12.3. The minimum absolute atomic E-state index is 0.00191. The molecule has 0 aromatic heterocycles. The third kappa shape index (κ3) is 4.75. The van der Waals surface area contributed by atoms with Gasteiger partial charge in [0.2, 0.25) is 15.9 Å². The predicted octanol–water partition coefficient (Wildman–Crippen LogP) is 0.124. The minimum atomic E-state index is -3.40. The van der Waals surface area contributed by atoms with Gasteiger partial charge in [-0.1, -0.05) is 6.42 Å². The van der Waals surface area contributed by atoms with Crippen LogP contribution in [0.4, 0.5) is 0 Å². The molecule has 0 bridgehead atoms. The van der Waals surface area contributed by atoms with Gasteiger partial charge in [-0.15, -0.1) is 0 Å². The Kier molecular flexibility index (Phi) is 5.94. The molecular weight excluding hydrogens is 284 g/mol. The van der Waals surface area contributed by atoms with Gasteiger partial charge in [0.1, 0.15) is 6.04 Å². The van der Waals surface area contributed by atoms with Crippen LogP contribution in [0.3, 0.4) is 0 Å². The van der Waals surface area contributed by atoms with Crippen LogP contribution < -0.4 is 0 Å². The molecule has 7 nitrogen and oxygen atoms in total. The van der Waals surface area contributed by atoms with Crippen molar-refractivity contribution in [1.29, 1.82) is 0 Å². The van der Waals surface area contributed by atoms with Gasteiger partial charge in [-0.25, -0.2) is 8.42 Å². The average molecular weight is 306 g/mol. The van der Waals surface area contributed by atoms with E-state index >= 15 is 0 Å². The minimum Gasteiger partial charge on any atom is -0.481 e. The number of carboxylic acid groups (broad SMARTS) is 1. The summed E-state index contributed by atoms with van der Waals surface area (Å²) in [6.45, 7) is 0.692. The number of rotatable bonds is 6. The van der Waals surface area contributed by atoms with Crippen LogP contribution in [0.2, 0.25) is 0 Å². The molecule has 1 unspecified atom stereocenters. The van der Waals surface area contributed by atoms with E-state index < -0.39 is 22.0 Å². The van der Waals surface area contributed by atoms with E-state index in [1.165, 1.54) is 9.21 Å². The second-order valence-electron chi connectivity index (χ2n) is 5.14. The van der Waals surface area contributed by atoms with Crippen LogP contribution in [0.25, 0.3) is 0 Å². The van der Waals surface area contributed by atoms with Crippen LogP contribution in [0, 0.1) is 0 Å². The molecule has 1 fully saturated rings. The molecule has 0 spiro atoms. The van der Waals surface area contributed by atoms with Crippen LogP contribution in [0.5, 0.6) is 0 Å². The average Bonchev–Trinajstić information content (AvgIpc) is 2.36. The van der Waals surface area contributed by atoms with Crippen LogP contribution in [0.15, 0.2) is 0 Å². The molecule has 1 rings (SSSR count). The Balaban J connectivity index is 2.65. The highest BCUT2D eigenvalue weighted by molar-refractivity contribution is 7.88. The van der Waals surface area contributed by atoms with Gasteiger partial charge < -0.3 is 10.0 Å². The van der Waals surface area contributed by atoms with Crippen molar-refractivity contribution in [2.24, 2.45) is 0 Å². The summed E-state index contributed by atoms with van der Waals surface area (Å²) >= 11 is 0. The van der Waals surface area contributed by atoms with Gasteiger partial charge in [0.25, 0.3) is 0 Å². The first-order valence-electron chi connectivity index (χ1n) is 6.67. The quantitative estimate of drug-likeness (QED) is 0.752. The van der Waals surface area contributed by atoms with Crippen molar-refractivity contribution in [2.75, 3.05) is 26.4 Å². The molecule has 1 N–H and O–H groups in total. The zero-order chi connectivity index (χ0) is 15.3. The summed E-state index contributed by atoms with van der Waals surface area (Å²) in [5.41, 5.74) is 0. The van der Waals surface area contributed by atoms with Gasteiger partial charge in [0, 0.05) is 26.6 Å². The normalized spacial score (nSPS) is 20.6. The van der Waals surface area contributed by atoms with E-state index in [1.807, 2.05) is 0 Å². The summed E-state index contributed by atoms with van der Waals surface area (Å²) in [6, 6.07) is -0.645. The highest BCUT2D eigenvalue weighted by atomic mass is 32.2. The zero-order valence-electron chi connectivity index (χ0n) is 11.9. The highest BCUT2D eigenvalue weighted by Gasteiger charge is 2.35. The van der Waals surface area contributed by atoms with Gasteiger partial charge >= 0.3 is 5.97 Å². The van der Waals surface area contributed by atoms with Crippen LogP contribution in [-0.2, 0) is 19.6 Å². The van der Waals surface area contributed by atoms with E-state index in [1.54, 1.807) is 7.05 Å². The second kappa shape index (κ2) is 7.03. The lowest BCUT2D eigenvalue weighted by atomic mass is 10.0. The van der Waals surface area contributed by atoms with Crippen LogP contribution in [0.1, 0.15) is 32.1 Å². The molecule has 1 atom stereocenters. The number of carbonyl (C=O) groups is 2. The molecule has 8 heteroatoms. The fraction of sp³-hybridized carbons (Fsp3) is 0.833. The Bertz CT molecular complexity index is 462. The van der Waals surface area contributed by atoms with E-state index in [4.69, 9.17) is 5.11 Å². The first-order valence-corrected chi connectivity index (χ1v) is 8.52. The standard InChI is InChI=1S/C12H22N2O5S/c1-13(8-5-7-11(15)16)12(17)10-6-3-4-9-14(10)20(2,18)19/h10H,3-9H2,1-2H3,(H,15,16). The summed E-state index contributed by atoms with van der Waals surface area (Å²) < 4.78 is 24.7. The third-order valence-corrected chi connectivity index (χ3v) is 4.71. The molecule has 0 saturated carbocycles. The van der Waals surface area contributed by atoms with Crippen LogP contribution in [-0.4, -0.2) is 67.0 Å². The van der Waals surface area contributed by atoms with Gasteiger partial charge in [-0.05, 0) is 19.3 Å². The number of carbonyl (C=O) groups excluding carboxylic acids is 1. The Morgan fingerprint density at radius 1 is 1.35 bits per heavy atom. The van der Waals surface area contributed by atoms with E-state index in [9.17, 15) is 18.0 Å². The Morgan fingerprint density at radius 2 is 2.00 bits per heavy atom. The number of hydrogen-bond donors (Lipinski definition) is 1. The van der Waals surface area contributed by atoms with E-state index in [0.29, 0.717) is 25.9 Å². The number of likely N-dealkylation sites (N-methyl/N-ethyl adjacent to an activating group) is 1. The molecule has 0 aromatic rings. The molecule has 0 aliphatic carbocycles. The molecule has 20 heavy (non-hydrogen) atoms. The van der Waals surface area contributed by atoms with Gasteiger partial charge in [0.05, 0.1) is 6.26 Å². The molecule has 1 aliphatic rings. The van der Waals surface area contributed by atoms with Crippen LogP contribution >= 0.6 is 0 Å². The maximum Gasteiger partial charge on any atom is 0.303 e. The molecule has 0 aromatic carbocycles. The molecular formula is C12H22N2O5S. The van der Waals surface area contributed by atoms with Crippen molar-refractivity contribution >= 4 is 21.9 Å². The number of piperidine rings is 1. The van der Waals surface area contributed by atoms with E-state index in [0.717, 1.165) is 19.1 Å². The number of amides is 1. The second-order valence-corrected chi connectivity index (χ2v) is 7.08. The van der Waals surface area contributed by atoms with Gasteiger partial charge in [0.15, 0.2) is 0 Å². The number of nitrogens with zero attached hydrogens (tertiary/aromatic N) is 2. The van der Waals surface area contributed by atoms with E-state index in [-0.39, 0.29) is 12.3 Å². The molecule has 116 valence electrons. The fourth-order valence-corrected chi connectivity index (χ4v) is 3.50. The largest absolute Gasteiger partial charge is 0.481 e. The molecule has 0 radical (unpaired) electrons. The number of carboxylic acids is 1. The summed E-state index contributed by atoms with van der Waals surface area (Å²) in [6.07, 6.45) is 3.59. The molecule has 1 saturated heterocycles. The Hall–Kier alpha value is -1.15. The lowest BCUT2D eigenvalue weighted by Gasteiger charge is -2.34. The van der Waals surface area contributed by atoms with Crippen molar-refractivity contribution < 1.29 is 23.1 Å². The molecule has 1 heterocycles. The summed E-state index contributed by atoms with van der Waals surface area (Å²) in [4.78, 5) is 24.2. The Labute approximate surface area is 119 Å².